The number of nitrogens with one attached hydrogen (secondary N) is 1. The van der Waals surface area contributed by atoms with Crippen molar-refractivity contribution in [2.45, 2.75) is 10.5 Å². The van der Waals surface area contributed by atoms with Gasteiger partial charge in [-0.05, 0) is 6.07 Å². The lowest BCUT2D eigenvalue weighted by molar-refractivity contribution is -0.139. The second kappa shape index (κ2) is 6.80. The van der Waals surface area contributed by atoms with E-state index < -0.39 is 0 Å². The summed E-state index contributed by atoms with van der Waals surface area (Å²) in [6, 6.07) is 6.55. The summed E-state index contributed by atoms with van der Waals surface area (Å²) in [4.78, 5) is 11.1. The minimum absolute atomic E-state index is 0.238. The molecule has 1 unspecified atom stereocenters. The Balaban J connectivity index is 2.36. The monoisotopic (exact) mass is 337 g/mol. The van der Waals surface area contributed by atoms with Crippen LogP contribution in [0.2, 0.25) is 0 Å². The molecule has 1 rings (SSSR count). The molecule has 0 fully saturated rings. The molecular formula is C11H13FINO2. The van der Waals surface area contributed by atoms with Crippen molar-refractivity contribution < 1.29 is 13.9 Å². The molecule has 0 aliphatic heterocycles. The van der Waals surface area contributed by atoms with Gasteiger partial charge >= 0.3 is 5.97 Å². The lowest BCUT2D eigenvalue weighted by atomic mass is 10.2. The van der Waals surface area contributed by atoms with Gasteiger partial charge in [-0.25, -0.2) is 4.39 Å². The third-order valence-corrected chi connectivity index (χ3v) is 3.00. The largest absolute Gasteiger partial charge is 0.468 e. The molecule has 1 atom stereocenters. The Morgan fingerprint density at radius 1 is 1.56 bits per heavy atom. The molecule has 0 saturated carbocycles. The molecule has 0 amide bonds. The maximum absolute atomic E-state index is 13.2. The van der Waals surface area contributed by atoms with Gasteiger partial charge in [0.25, 0.3) is 0 Å². The van der Waals surface area contributed by atoms with Crippen molar-refractivity contribution >= 4 is 28.6 Å². The van der Waals surface area contributed by atoms with Crippen LogP contribution in [-0.4, -0.2) is 23.5 Å². The molecule has 16 heavy (non-hydrogen) atoms. The number of methoxy groups -OCH3 is 1. The number of benzene rings is 1. The lowest BCUT2D eigenvalue weighted by Gasteiger charge is -2.09. The topological polar surface area (TPSA) is 38.3 Å². The molecule has 3 nitrogen and oxygen atoms in total. The fourth-order valence-electron chi connectivity index (χ4n) is 1.19. The van der Waals surface area contributed by atoms with Crippen LogP contribution in [0.15, 0.2) is 24.3 Å². The number of alkyl halides is 1. The summed E-state index contributed by atoms with van der Waals surface area (Å²) in [5, 5.41) is 3.01. The van der Waals surface area contributed by atoms with Crippen LogP contribution >= 0.6 is 22.6 Å². The highest BCUT2D eigenvalue weighted by molar-refractivity contribution is 14.1. The van der Waals surface area contributed by atoms with Crippen molar-refractivity contribution in [1.29, 1.82) is 0 Å². The Morgan fingerprint density at radius 2 is 2.25 bits per heavy atom. The van der Waals surface area contributed by atoms with Crippen LogP contribution in [0.3, 0.4) is 0 Å². The third-order valence-electron chi connectivity index (χ3n) is 2.05. The van der Waals surface area contributed by atoms with Crippen molar-refractivity contribution in [2.75, 3.05) is 13.7 Å². The number of esters is 1. The Kier molecular flexibility index (Phi) is 5.68. The van der Waals surface area contributed by atoms with E-state index in [9.17, 15) is 9.18 Å². The molecule has 0 radical (unpaired) electrons. The third kappa shape index (κ3) is 4.05. The predicted molar refractivity (Wildman–Crippen MR) is 67.9 cm³/mol. The number of halogens is 2. The number of carbonyl (C=O) groups is 1. The average Bonchev–Trinajstić information content (AvgIpc) is 2.30. The number of rotatable bonds is 5. The second-order valence-corrected chi connectivity index (χ2v) is 4.72. The van der Waals surface area contributed by atoms with E-state index in [1.165, 1.54) is 13.2 Å². The van der Waals surface area contributed by atoms with E-state index in [0.29, 0.717) is 18.7 Å². The zero-order valence-electron chi connectivity index (χ0n) is 8.87. The normalized spacial score (nSPS) is 12.2. The number of hydrogen-bond acceptors (Lipinski definition) is 3. The summed E-state index contributed by atoms with van der Waals surface area (Å²) in [5.41, 5.74) is 0.593. The van der Waals surface area contributed by atoms with Gasteiger partial charge < -0.3 is 10.1 Å². The van der Waals surface area contributed by atoms with Crippen LogP contribution in [-0.2, 0) is 16.1 Å². The molecule has 0 heterocycles. The molecule has 5 heteroatoms. The fourth-order valence-corrected chi connectivity index (χ4v) is 1.75. The summed E-state index contributed by atoms with van der Waals surface area (Å²) in [6.45, 7) is 0.866. The first-order valence-electron chi connectivity index (χ1n) is 4.81. The van der Waals surface area contributed by atoms with Gasteiger partial charge in [-0.2, -0.15) is 0 Å². The smallest absolute Gasteiger partial charge is 0.319 e. The molecule has 0 aliphatic carbocycles. The molecule has 0 spiro atoms. The first kappa shape index (κ1) is 13.4. The van der Waals surface area contributed by atoms with Gasteiger partial charge in [-0.1, -0.05) is 40.8 Å². The van der Waals surface area contributed by atoms with Crippen molar-refractivity contribution in [2.24, 2.45) is 0 Å². The van der Waals surface area contributed by atoms with Crippen molar-refractivity contribution in [3.63, 3.8) is 0 Å². The SMILES string of the molecule is COC(=O)C(I)CNCc1ccccc1F. The predicted octanol–water partition coefficient (Wildman–Crippen LogP) is 1.89. The maximum Gasteiger partial charge on any atom is 0.319 e. The fraction of sp³-hybridized carbons (Fsp3) is 0.364. The van der Waals surface area contributed by atoms with Crippen LogP contribution in [0.25, 0.3) is 0 Å². The summed E-state index contributed by atoms with van der Waals surface area (Å²) in [6.07, 6.45) is 0. The van der Waals surface area contributed by atoms with Gasteiger partial charge in [-0.15, -0.1) is 0 Å². The van der Waals surface area contributed by atoms with Crippen LogP contribution in [0.5, 0.6) is 0 Å². The minimum Gasteiger partial charge on any atom is -0.468 e. The van der Waals surface area contributed by atoms with Gasteiger partial charge in [-0.3, -0.25) is 4.79 Å². The minimum atomic E-state index is -0.276. The standard InChI is InChI=1S/C11H13FINO2/c1-16-11(15)10(13)7-14-6-8-4-2-3-5-9(8)12/h2-5,10,14H,6-7H2,1H3. The van der Waals surface area contributed by atoms with Gasteiger partial charge in [0.1, 0.15) is 9.74 Å². The van der Waals surface area contributed by atoms with Crippen LogP contribution in [0, 0.1) is 5.82 Å². The maximum atomic E-state index is 13.2. The van der Waals surface area contributed by atoms with E-state index in [4.69, 9.17) is 0 Å². The Labute approximate surface area is 108 Å². The Morgan fingerprint density at radius 3 is 2.88 bits per heavy atom. The molecule has 0 bridgehead atoms. The number of ether oxygens (including phenoxy) is 1. The highest BCUT2D eigenvalue weighted by atomic mass is 127. The van der Waals surface area contributed by atoms with Gasteiger partial charge in [0.15, 0.2) is 0 Å². The summed E-state index contributed by atoms with van der Waals surface area (Å²) < 4.78 is 17.5. The van der Waals surface area contributed by atoms with E-state index >= 15 is 0 Å². The van der Waals surface area contributed by atoms with Crippen LogP contribution in [0.1, 0.15) is 5.56 Å². The van der Waals surface area contributed by atoms with Crippen molar-refractivity contribution in [3.05, 3.63) is 35.6 Å². The van der Waals surface area contributed by atoms with Gasteiger partial charge in [0.2, 0.25) is 0 Å². The molecule has 0 aliphatic rings. The van der Waals surface area contributed by atoms with Crippen LogP contribution < -0.4 is 5.32 Å². The lowest BCUT2D eigenvalue weighted by Crippen LogP contribution is -2.29. The average molecular weight is 337 g/mol. The Hall–Kier alpha value is -0.690. The van der Waals surface area contributed by atoms with E-state index in [1.807, 2.05) is 22.6 Å². The second-order valence-electron chi connectivity index (χ2n) is 3.21. The van der Waals surface area contributed by atoms with E-state index in [-0.39, 0.29) is 15.7 Å². The molecule has 0 aromatic heterocycles. The van der Waals surface area contributed by atoms with Crippen LogP contribution in [0.4, 0.5) is 4.39 Å². The number of carbonyl (C=O) groups excluding carboxylic acids is 1. The zero-order chi connectivity index (χ0) is 12.0. The first-order chi connectivity index (χ1) is 7.65. The first-order valence-corrected chi connectivity index (χ1v) is 6.05. The molecule has 1 aromatic carbocycles. The van der Waals surface area contributed by atoms with E-state index in [1.54, 1.807) is 18.2 Å². The summed E-state index contributed by atoms with van der Waals surface area (Å²) >= 11 is 1.99. The zero-order valence-corrected chi connectivity index (χ0v) is 11.0. The quantitative estimate of drug-likeness (QED) is 0.507. The summed E-state index contributed by atoms with van der Waals surface area (Å²) in [5.74, 6) is -0.514. The molecule has 0 saturated heterocycles. The molecule has 1 N–H and O–H groups in total. The highest BCUT2D eigenvalue weighted by Crippen LogP contribution is 2.06. The van der Waals surface area contributed by atoms with Crippen molar-refractivity contribution in [1.82, 2.24) is 5.32 Å². The van der Waals surface area contributed by atoms with Gasteiger partial charge in [0, 0.05) is 18.7 Å². The highest BCUT2D eigenvalue weighted by Gasteiger charge is 2.14. The Bertz CT molecular complexity index is 360. The summed E-state index contributed by atoms with van der Waals surface area (Å²) in [7, 11) is 1.35. The molecule has 88 valence electrons. The van der Waals surface area contributed by atoms with E-state index in [0.717, 1.165) is 0 Å². The number of hydrogen-bond donors (Lipinski definition) is 1. The molecular weight excluding hydrogens is 324 g/mol. The van der Waals surface area contributed by atoms with E-state index in [2.05, 4.69) is 10.1 Å². The van der Waals surface area contributed by atoms with Crippen molar-refractivity contribution in [3.8, 4) is 0 Å². The molecule has 1 aromatic rings. The van der Waals surface area contributed by atoms with Gasteiger partial charge in [0.05, 0.1) is 7.11 Å².